The molecule has 2 fully saturated rings. The van der Waals surface area contributed by atoms with Gasteiger partial charge in [0.2, 0.25) is 0 Å². The molecule has 29 heavy (non-hydrogen) atoms. The lowest BCUT2D eigenvalue weighted by Crippen LogP contribution is -2.17. The SMILES string of the molecule is C=C[C@H]1CC[C@H](CCC2CCC(C#Cc3c(F)cc(CCC)cc3F)CC2)CC1. The summed E-state index contributed by atoms with van der Waals surface area (Å²) in [6, 6.07) is 2.88. The third-order valence-corrected chi connectivity index (χ3v) is 7.10. The summed E-state index contributed by atoms with van der Waals surface area (Å²) in [7, 11) is 0. The molecule has 2 heteroatoms. The largest absolute Gasteiger partial charge is 0.206 e. The molecule has 158 valence electrons. The maximum absolute atomic E-state index is 14.2. The number of halogens is 2. The highest BCUT2D eigenvalue weighted by molar-refractivity contribution is 5.39. The van der Waals surface area contributed by atoms with E-state index in [9.17, 15) is 8.78 Å². The molecule has 0 saturated heterocycles. The van der Waals surface area contributed by atoms with E-state index in [1.54, 1.807) is 0 Å². The van der Waals surface area contributed by atoms with Crippen LogP contribution in [0.2, 0.25) is 0 Å². The summed E-state index contributed by atoms with van der Waals surface area (Å²) in [4.78, 5) is 0. The van der Waals surface area contributed by atoms with Crippen LogP contribution in [0.1, 0.15) is 88.7 Å². The predicted molar refractivity (Wildman–Crippen MR) is 118 cm³/mol. The maximum atomic E-state index is 14.2. The molecule has 0 unspecified atom stereocenters. The lowest BCUT2D eigenvalue weighted by Gasteiger charge is -2.30. The minimum absolute atomic E-state index is 0.0536. The Morgan fingerprint density at radius 2 is 1.48 bits per heavy atom. The smallest absolute Gasteiger partial charge is 0.142 e. The van der Waals surface area contributed by atoms with Gasteiger partial charge in [0.15, 0.2) is 0 Å². The average molecular weight is 399 g/mol. The van der Waals surface area contributed by atoms with Crippen LogP contribution in [0.15, 0.2) is 24.8 Å². The van der Waals surface area contributed by atoms with Gasteiger partial charge in [-0.1, -0.05) is 44.1 Å². The Morgan fingerprint density at radius 1 is 0.931 bits per heavy atom. The van der Waals surface area contributed by atoms with Gasteiger partial charge in [-0.15, -0.1) is 6.58 Å². The summed E-state index contributed by atoms with van der Waals surface area (Å²) < 4.78 is 28.5. The first-order valence-corrected chi connectivity index (χ1v) is 11.7. The molecule has 0 amide bonds. The molecule has 0 bridgehead atoms. The van der Waals surface area contributed by atoms with Gasteiger partial charge in [0.25, 0.3) is 0 Å². The van der Waals surface area contributed by atoms with Crippen molar-refractivity contribution in [3.63, 3.8) is 0 Å². The number of hydrogen-bond donors (Lipinski definition) is 0. The van der Waals surface area contributed by atoms with E-state index >= 15 is 0 Å². The number of allylic oxidation sites excluding steroid dienone is 1. The van der Waals surface area contributed by atoms with Gasteiger partial charge in [0.05, 0.1) is 5.56 Å². The summed E-state index contributed by atoms with van der Waals surface area (Å²) in [6.45, 7) is 5.95. The zero-order chi connectivity index (χ0) is 20.6. The second-order valence-electron chi connectivity index (χ2n) is 9.27. The summed E-state index contributed by atoms with van der Waals surface area (Å²) in [6.07, 6.45) is 16.3. The van der Waals surface area contributed by atoms with E-state index in [2.05, 4.69) is 24.5 Å². The normalized spacial score (nSPS) is 27.1. The fraction of sp³-hybridized carbons (Fsp3) is 0.630. The van der Waals surface area contributed by atoms with Gasteiger partial charge in [0.1, 0.15) is 11.6 Å². The van der Waals surface area contributed by atoms with Crippen LogP contribution in [0.25, 0.3) is 0 Å². The highest BCUT2D eigenvalue weighted by Crippen LogP contribution is 2.36. The van der Waals surface area contributed by atoms with Crippen molar-refractivity contribution in [2.75, 3.05) is 0 Å². The van der Waals surface area contributed by atoms with Crippen LogP contribution < -0.4 is 0 Å². The van der Waals surface area contributed by atoms with Gasteiger partial charge >= 0.3 is 0 Å². The lowest BCUT2D eigenvalue weighted by atomic mass is 9.76. The summed E-state index contributed by atoms with van der Waals surface area (Å²) in [5, 5.41) is 0. The third-order valence-electron chi connectivity index (χ3n) is 7.10. The number of benzene rings is 1. The molecule has 0 nitrogen and oxygen atoms in total. The molecule has 0 aromatic heterocycles. The standard InChI is InChI=1S/C27H36F2/c1-3-5-24-18-26(28)25(27(29)19-24)17-16-23-14-12-22(13-15-23)11-10-21-8-6-20(4-2)7-9-21/h4,18-23H,2-3,5-15H2,1H3/t20-,21-,22?,23?. The van der Waals surface area contributed by atoms with E-state index in [4.69, 9.17) is 0 Å². The molecule has 1 aromatic rings. The molecule has 2 aliphatic rings. The van der Waals surface area contributed by atoms with Crippen molar-refractivity contribution in [1.82, 2.24) is 0 Å². The van der Waals surface area contributed by atoms with Crippen molar-refractivity contribution in [2.45, 2.75) is 84.0 Å². The van der Waals surface area contributed by atoms with Crippen LogP contribution in [0, 0.1) is 47.1 Å². The van der Waals surface area contributed by atoms with E-state index < -0.39 is 11.6 Å². The summed E-state index contributed by atoms with van der Waals surface area (Å²) in [5.41, 5.74) is 0.661. The minimum Gasteiger partial charge on any atom is -0.206 e. The maximum Gasteiger partial charge on any atom is 0.142 e. The van der Waals surface area contributed by atoms with Crippen molar-refractivity contribution in [3.05, 3.63) is 47.5 Å². The van der Waals surface area contributed by atoms with Crippen molar-refractivity contribution >= 4 is 0 Å². The Morgan fingerprint density at radius 3 is 2.00 bits per heavy atom. The van der Waals surface area contributed by atoms with Gasteiger partial charge < -0.3 is 0 Å². The van der Waals surface area contributed by atoms with Gasteiger partial charge in [0, 0.05) is 5.92 Å². The molecule has 2 saturated carbocycles. The number of hydrogen-bond acceptors (Lipinski definition) is 0. The fourth-order valence-corrected chi connectivity index (χ4v) is 5.13. The van der Waals surface area contributed by atoms with Crippen LogP contribution in [-0.2, 0) is 6.42 Å². The monoisotopic (exact) mass is 398 g/mol. The van der Waals surface area contributed by atoms with Crippen molar-refractivity contribution in [1.29, 1.82) is 0 Å². The summed E-state index contributed by atoms with van der Waals surface area (Å²) >= 11 is 0. The fourth-order valence-electron chi connectivity index (χ4n) is 5.13. The van der Waals surface area contributed by atoms with Crippen molar-refractivity contribution < 1.29 is 8.78 Å². The number of aryl methyl sites for hydroxylation is 1. The first kappa shape index (κ1) is 22.1. The van der Waals surface area contributed by atoms with Crippen LogP contribution in [0.3, 0.4) is 0 Å². The molecule has 0 N–H and O–H groups in total. The molecule has 0 radical (unpaired) electrons. The highest BCUT2D eigenvalue weighted by atomic mass is 19.1. The average Bonchev–Trinajstić information content (AvgIpc) is 2.73. The Kier molecular flexibility index (Phi) is 8.34. The number of rotatable bonds is 6. The lowest BCUT2D eigenvalue weighted by molar-refractivity contribution is 0.243. The zero-order valence-corrected chi connectivity index (χ0v) is 18.0. The molecule has 2 aliphatic carbocycles. The van der Waals surface area contributed by atoms with E-state index in [-0.39, 0.29) is 11.5 Å². The van der Waals surface area contributed by atoms with E-state index in [0.29, 0.717) is 12.0 Å². The third kappa shape index (κ3) is 6.43. The van der Waals surface area contributed by atoms with E-state index in [1.807, 2.05) is 6.92 Å². The minimum atomic E-state index is -0.513. The van der Waals surface area contributed by atoms with Crippen molar-refractivity contribution in [2.24, 2.45) is 23.7 Å². The van der Waals surface area contributed by atoms with Crippen LogP contribution in [0.4, 0.5) is 8.78 Å². The molecule has 3 rings (SSSR count). The molecular formula is C27H36F2. The second-order valence-corrected chi connectivity index (χ2v) is 9.27. The van der Waals surface area contributed by atoms with Crippen LogP contribution in [0.5, 0.6) is 0 Å². The Balaban J connectivity index is 1.44. The molecule has 0 atom stereocenters. The van der Waals surface area contributed by atoms with Gasteiger partial charge in [-0.2, -0.15) is 0 Å². The molecule has 0 aliphatic heterocycles. The van der Waals surface area contributed by atoms with Crippen LogP contribution in [-0.4, -0.2) is 0 Å². The quantitative estimate of drug-likeness (QED) is 0.338. The van der Waals surface area contributed by atoms with Gasteiger partial charge in [-0.3, -0.25) is 0 Å². The summed E-state index contributed by atoms with van der Waals surface area (Å²) in [5.74, 6) is 7.71. The van der Waals surface area contributed by atoms with Gasteiger partial charge in [-0.25, -0.2) is 8.78 Å². The van der Waals surface area contributed by atoms with Crippen LogP contribution >= 0.6 is 0 Å². The predicted octanol–water partition coefficient (Wildman–Crippen LogP) is 7.85. The topological polar surface area (TPSA) is 0 Å². The highest BCUT2D eigenvalue weighted by Gasteiger charge is 2.23. The Labute approximate surface area is 176 Å². The Hall–Kier alpha value is -1.62. The first-order chi connectivity index (χ1) is 14.1. The first-order valence-electron chi connectivity index (χ1n) is 11.7. The van der Waals surface area contributed by atoms with E-state index in [1.165, 1.54) is 63.5 Å². The molecule has 0 spiro atoms. The molecular weight excluding hydrogens is 362 g/mol. The van der Waals surface area contributed by atoms with Gasteiger partial charge in [-0.05, 0) is 93.2 Å². The zero-order valence-electron chi connectivity index (χ0n) is 18.0. The second kappa shape index (κ2) is 11.0. The van der Waals surface area contributed by atoms with Crippen molar-refractivity contribution in [3.8, 4) is 11.8 Å². The molecule has 1 aromatic carbocycles. The van der Waals surface area contributed by atoms with E-state index in [0.717, 1.165) is 37.0 Å². The Bertz CT molecular complexity index is 700. The molecule has 0 heterocycles.